The first-order valence-corrected chi connectivity index (χ1v) is 9.74. The SMILES string of the molecule is CCCCCCOc1ccc(-c2cccc(F)c2)c(-c2ccc(C#N)cc2)c1. The lowest BCUT2D eigenvalue weighted by molar-refractivity contribution is 0.305. The van der Waals surface area contributed by atoms with Crippen molar-refractivity contribution in [2.24, 2.45) is 0 Å². The van der Waals surface area contributed by atoms with Crippen LogP contribution in [0.25, 0.3) is 22.3 Å². The molecular formula is C25H24FNO. The van der Waals surface area contributed by atoms with Crippen molar-refractivity contribution < 1.29 is 9.13 Å². The molecule has 0 spiro atoms. The molecule has 0 amide bonds. The van der Waals surface area contributed by atoms with Gasteiger partial charge >= 0.3 is 0 Å². The highest BCUT2D eigenvalue weighted by atomic mass is 19.1. The van der Waals surface area contributed by atoms with Gasteiger partial charge in [-0.2, -0.15) is 5.26 Å². The first-order chi connectivity index (χ1) is 13.7. The molecule has 2 nitrogen and oxygen atoms in total. The van der Waals surface area contributed by atoms with E-state index in [1.54, 1.807) is 18.2 Å². The van der Waals surface area contributed by atoms with Gasteiger partial charge in [0.05, 0.1) is 18.2 Å². The van der Waals surface area contributed by atoms with E-state index in [2.05, 4.69) is 13.0 Å². The van der Waals surface area contributed by atoms with Crippen molar-refractivity contribution >= 4 is 0 Å². The van der Waals surface area contributed by atoms with Gasteiger partial charge in [0.25, 0.3) is 0 Å². The lowest BCUT2D eigenvalue weighted by Crippen LogP contribution is -1.98. The summed E-state index contributed by atoms with van der Waals surface area (Å²) in [6, 6.07) is 22.1. The summed E-state index contributed by atoms with van der Waals surface area (Å²) in [5.41, 5.74) is 4.28. The quantitative estimate of drug-likeness (QED) is 0.399. The third-order valence-electron chi connectivity index (χ3n) is 4.72. The maximum absolute atomic E-state index is 13.8. The first kappa shape index (κ1) is 19.6. The average Bonchev–Trinajstić information content (AvgIpc) is 2.73. The van der Waals surface area contributed by atoms with Gasteiger partial charge in [-0.1, -0.05) is 56.5 Å². The zero-order valence-electron chi connectivity index (χ0n) is 16.1. The van der Waals surface area contributed by atoms with Crippen molar-refractivity contribution in [3.8, 4) is 34.1 Å². The summed E-state index contributed by atoms with van der Waals surface area (Å²) in [7, 11) is 0. The van der Waals surface area contributed by atoms with Crippen molar-refractivity contribution in [3.05, 3.63) is 78.1 Å². The Labute approximate surface area is 166 Å². The monoisotopic (exact) mass is 373 g/mol. The molecule has 0 saturated heterocycles. The highest BCUT2D eigenvalue weighted by Gasteiger charge is 2.10. The van der Waals surface area contributed by atoms with Crippen LogP contribution in [0.3, 0.4) is 0 Å². The van der Waals surface area contributed by atoms with Crippen LogP contribution >= 0.6 is 0 Å². The highest BCUT2D eigenvalue weighted by molar-refractivity contribution is 5.84. The Kier molecular flexibility index (Phi) is 6.81. The van der Waals surface area contributed by atoms with E-state index in [4.69, 9.17) is 10.00 Å². The molecule has 142 valence electrons. The number of nitriles is 1. The summed E-state index contributed by atoms with van der Waals surface area (Å²) in [6.45, 7) is 2.88. The van der Waals surface area contributed by atoms with E-state index in [9.17, 15) is 4.39 Å². The normalized spacial score (nSPS) is 10.5. The van der Waals surface area contributed by atoms with Gasteiger partial charge in [-0.3, -0.25) is 0 Å². The van der Waals surface area contributed by atoms with Crippen molar-refractivity contribution in [2.45, 2.75) is 32.6 Å². The van der Waals surface area contributed by atoms with Crippen LogP contribution in [0.15, 0.2) is 66.7 Å². The van der Waals surface area contributed by atoms with E-state index < -0.39 is 0 Å². The Hall–Kier alpha value is -3.12. The third-order valence-corrected chi connectivity index (χ3v) is 4.72. The summed E-state index contributed by atoms with van der Waals surface area (Å²) in [5, 5.41) is 9.05. The van der Waals surface area contributed by atoms with Gasteiger partial charge in [-0.25, -0.2) is 4.39 Å². The molecule has 0 unspecified atom stereocenters. The molecule has 0 bridgehead atoms. The van der Waals surface area contributed by atoms with E-state index in [1.807, 2.05) is 36.4 Å². The second-order valence-corrected chi connectivity index (χ2v) is 6.82. The first-order valence-electron chi connectivity index (χ1n) is 9.74. The topological polar surface area (TPSA) is 33.0 Å². The molecule has 0 N–H and O–H groups in total. The molecule has 3 aromatic carbocycles. The maximum Gasteiger partial charge on any atom is 0.123 e. The Morgan fingerprint density at radius 2 is 1.68 bits per heavy atom. The minimum atomic E-state index is -0.264. The molecule has 3 rings (SSSR count). The lowest BCUT2D eigenvalue weighted by atomic mass is 9.94. The molecule has 3 heteroatoms. The predicted octanol–water partition coefficient (Wildman–Crippen LogP) is 6.99. The number of hydrogen-bond acceptors (Lipinski definition) is 2. The van der Waals surface area contributed by atoms with Gasteiger partial charge in [-0.05, 0) is 65.1 Å². The average molecular weight is 373 g/mol. The molecule has 0 fully saturated rings. The van der Waals surface area contributed by atoms with Gasteiger partial charge in [0.1, 0.15) is 11.6 Å². The second kappa shape index (κ2) is 9.71. The maximum atomic E-state index is 13.8. The zero-order chi connectivity index (χ0) is 19.8. The highest BCUT2D eigenvalue weighted by Crippen LogP contribution is 2.35. The van der Waals surface area contributed by atoms with Gasteiger partial charge in [-0.15, -0.1) is 0 Å². The molecule has 0 heterocycles. The molecule has 0 aliphatic rings. The largest absolute Gasteiger partial charge is 0.494 e. The molecule has 0 aromatic heterocycles. The fraction of sp³-hybridized carbons (Fsp3) is 0.240. The van der Waals surface area contributed by atoms with Crippen molar-refractivity contribution in [1.82, 2.24) is 0 Å². The van der Waals surface area contributed by atoms with Crippen LogP contribution in [0.1, 0.15) is 38.2 Å². The van der Waals surface area contributed by atoms with Crippen molar-refractivity contribution in [1.29, 1.82) is 5.26 Å². The van der Waals surface area contributed by atoms with Crippen LogP contribution < -0.4 is 4.74 Å². The Balaban J connectivity index is 1.93. The zero-order valence-corrected chi connectivity index (χ0v) is 16.1. The van der Waals surface area contributed by atoms with Gasteiger partial charge < -0.3 is 4.74 Å². The molecule has 0 aliphatic carbocycles. The number of benzene rings is 3. The standard InChI is InChI=1S/C25H24FNO/c1-2-3-4-5-15-28-23-13-14-24(21-7-6-8-22(26)16-21)25(17-23)20-11-9-19(18-27)10-12-20/h6-14,16-17H,2-5,15H2,1H3. The lowest BCUT2D eigenvalue weighted by Gasteiger charge is -2.14. The van der Waals surface area contributed by atoms with E-state index in [0.717, 1.165) is 34.4 Å². The van der Waals surface area contributed by atoms with Crippen LogP contribution in [-0.4, -0.2) is 6.61 Å². The minimum absolute atomic E-state index is 0.264. The fourth-order valence-corrected chi connectivity index (χ4v) is 3.20. The summed E-state index contributed by atoms with van der Waals surface area (Å²) in [5.74, 6) is 0.538. The molecule has 0 saturated carbocycles. The Morgan fingerprint density at radius 3 is 2.39 bits per heavy atom. The number of rotatable bonds is 8. The number of unbranched alkanes of at least 4 members (excludes halogenated alkanes) is 3. The number of nitrogens with zero attached hydrogens (tertiary/aromatic N) is 1. The van der Waals surface area contributed by atoms with Gasteiger partial charge in [0.15, 0.2) is 0 Å². The number of hydrogen-bond donors (Lipinski definition) is 0. The molecule has 0 atom stereocenters. The van der Waals surface area contributed by atoms with Crippen molar-refractivity contribution in [3.63, 3.8) is 0 Å². The van der Waals surface area contributed by atoms with Crippen LogP contribution in [0, 0.1) is 17.1 Å². The molecule has 28 heavy (non-hydrogen) atoms. The summed E-state index contributed by atoms with van der Waals surface area (Å²) in [4.78, 5) is 0. The Bertz CT molecular complexity index is 957. The molecule has 0 radical (unpaired) electrons. The van der Waals surface area contributed by atoms with E-state index in [0.29, 0.717) is 12.2 Å². The van der Waals surface area contributed by atoms with E-state index in [-0.39, 0.29) is 5.82 Å². The minimum Gasteiger partial charge on any atom is -0.494 e. The fourth-order valence-electron chi connectivity index (χ4n) is 3.20. The molecular weight excluding hydrogens is 349 g/mol. The van der Waals surface area contributed by atoms with E-state index >= 15 is 0 Å². The summed E-state index contributed by atoms with van der Waals surface area (Å²) in [6.07, 6.45) is 4.62. The smallest absolute Gasteiger partial charge is 0.123 e. The van der Waals surface area contributed by atoms with Crippen LogP contribution in [0.4, 0.5) is 4.39 Å². The predicted molar refractivity (Wildman–Crippen MR) is 112 cm³/mol. The summed E-state index contributed by atoms with van der Waals surface area (Å²) >= 11 is 0. The second-order valence-electron chi connectivity index (χ2n) is 6.82. The van der Waals surface area contributed by atoms with Gasteiger partial charge in [0.2, 0.25) is 0 Å². The number of halogens is 1. The van der Waals surface area contributed by atoms with Crippen LogP contribution in [0.2, 0.25) is 0 Å². The van der Waals surface area contributed by atoms with Gasteiger partial charge in [0, 0.05) is 0 Å². The van der Waals surface area contributed by atoms with Crippen molar-refractivity contribution in [2.75, 3.05) is 6.61 Å². The van der Waals surface area contributed by atoms with E-state index in [1.165, 1.54) is 31.4 Å². The number of ether oxygens (including phenoxy) is 1. The molecule has 3 aromatic rings. The van der Waals surface area contributed by atoms with Crippen LogP contribution in [0.5, 0.6) is 5.75 Å². The third kappa shape index (κ3) is 4.98. The summed E-state index contributed by atoms with van der Waals surface area (Å²) < 4.78 is 19.7. The van der Waals surface area contributed by atoms with Crippen LogP contribution in [-0.2, 0) is 0 Å². The molecule has 0 aliphatic heterocycles. The Morgan fingerprint density at radius 1 is 0.857 bits per heavy atom.